The van der Waals surface area contributed by atoms with Crippen molar-refractivity contribution in [1.29, 1.82) is 0 Å². The molecule has 0 aliphatic carbocycles. The monoisotopic (exact) mass is 717 g/mol. The van der Waals surface area contributed by atoms with Crippen LogP contribution in [-0.2, 0) is 11.2 Å². The number of nitrogens with one attached hydrogen (secondary N) is 2. The van der Waals surface area contributed by atoms with Crippen molar-refractivity contribution in [2.75, 3.05) is 53.3 Å². The Morgan fingerprint density at radius 1 is 0.942 bits per heavy atom. The van der Waals surface area contributed by atoms with Crippen LogP contribution in [0.3, 0.4) is 0 Å². The van der Waals surface area contributed by atoms with Gasteiger partial charge in [0.05, 0.1) is 16.1 Å². The van der Waals surface area contributed by atoms with Crippen LogP contribution < -0.4 is 20.4 Å². The molecule has 8 rings (SSSR count). The molecule has 52 heavy (non-hydrogen) atoms. The molecule has 3 aliphatic heterocycles. The topological polar surface area (TPSA) is 124 Å². The van der Waals surface area contributed by atoms with Gasteiger partial charge in [0.1, 0.15) is 17.3 Å². The second kappa shape index (κ2) is 13.5. The van der Waals surface area contributed by atoms with Crippen LogP contribution in [0.2, 0.25) is 0 Å². The Hall–Kier alpha value is -5.59. The van der Waals surface area contributed by atoms with Gasteiger partial charge in [0.2, 0.25) is 0 Å². The van der Waals surface area contributed by atoms with Crippen molar-refractivity contribution in [1.82, 2.24) is 4.98 Å². The van der Waals surface area contributed by atoms with E-state index >= 15 is 0 Å². The minimum atomic E-state index is -0.732. The molecule has 1 spiro atoms. The average Bonchev–Trinajstić information content (AvgIpc) is 3.51. The maximum Gasteiger partial charge on any atom is 0.265 e. The molecule has 5 heterocycles. The molecule has 0 bridgehead atoms. The number of hydrogen-bond donors (Lipinski definition) is 3. The largest absolute Gasteiger partial charge is 0.506 e. The van der Waals surface area contributed by atoms with Crippen LogP contribution in [0.25, 0.3) is 10.4 Å². The third-order valence-electron chi connectivity index (χ3n) is 10.1. The summed E-state index contributed by atoms with van der Waals surface area (Å²) in [5.74, 6) is -1.40. The van der Waals surface area contributed by atoms with Gasteiger partial charge in [-0.05, 0) is 91.9 Å². The summed E-state index contributed by atoms with van der Waals surface area (Å²) in [5, 5.41) is 15.6. The standard InChI is InChI=1S/C40H36FN5O5S/c1-24-19-29(36(42-21-24)45-22-40(23-45)14-17-51-18-15-40)37(48)43-27-11-9-25(10-12-27)39(50)46-16-13-26-20-33(52-35(26)28-5-2-3-7-31(28)46)38(49)44-34-30(41)6-4-8-32(34)47/h2-12,19-21,47H,13-18,22-23H2,1H3,(H,43,48)(H,44,49). The number of carbonyl (C=O) groups is 3. The summed E-state index contributed by atoms with van der Waals surface area (Å²) >= 11 is 1.25. The molecule has 2 fully saturated rings. The smallest absolute Gasteiger partial charge is 0.265 e. The van der Waals surface area contributed by atoms with Crippen molar-refractivity contribution in [2.24, 2.45) is 5.41 Å². The van der Waals surface area contributed by atoms with E-state index in [1.165, 1.54) is 29.5 Å². The molecule has 0 atom stereocenters. The molecule has 12 heteroatoms. The zero-order valence-electron chi connectivity index (χ0n) is 28.4. The van der Waals surface area contributed by atoms with E-state index in [0.29, 0.717) is 46.2 Å². The van der Waals surface area contributed by atoms with Gasteiger partial charge in [-0.3, -0.25) is 14.4 Å². The fraction of sp³-hybridized carbons (Fsp3) is 0.250. The number of thiophene rings is 1. The van der Waals surface area contributed by atoms with E-state index in [0.717, 1.165) is 60.7 Å². The van der Waals surface area contributed by atoms with Gasteiger partial charge in [0.15, 0.2) is 5.82 Å². The summed E-state index contributed by atoms with van der Waals surface area (Å²) in [6, 6.07) is 21.9. The van der Waals surface area contributed by atoms with E-state index in [2.05, 4.69) is 20.5 Å². The van der Waals surface area contributed by atoms with Crippen LogP contribution in [0.15, 0.2) is 85.1 Å². The summed E-state index contributed by atoms with van der Waals surface area (Å²) < 4.78 is 19.9. The normalized spacial score (nSPS) is 16.0. The minimum absolute atomic E-state index is 0.196. The summed E-state index contributed by atoms with van der Waals surface area (Å²) in [4.78, 5) is 50.5. The van der Waals surface area contributed by atoms with E-state index in [1.807, 2.05) is 37.3 Å². The number of aromatic hydroxyl groups is 1. The highest BCUT2D eigenvalue weighted by Gasteiger charge is 2.45. The van der Waals surface area contributed by atoms with Crippen molar-refractivity contribution in [3.8, 4) is 16.2 Å². The lowest BCUT2D eigenvalue weighted by Gasteiger charge is -2.53. The van der Waals surface area contributed by atoms with E-state index in [9.17, 15) is 23.9 Å². The molecule has 2 aromatic heterocycles. The van der Waals surface area contributed by atoms with E-state index in [1.54, 1.807) is 41.4 Å². The van der Waals surface area contributed by atoms with Gasteiger partial charge < -0.3 is 30.3 Å². The van der Waals surface area contributed by atoms with Crippen LogP contribution in [0, 0.1) is 18.2 Å². The summed E-state index contributed by atoms with van der Waals surface area (Å²) in [6.07, 6.45) is 4.31. The first kappa shape index (κ1) is 33.5. The van der Waals surface area contributed by atoms with Crippen molar-refractivity contribution in [3.05, 3.63) is 118 Å². The predicted octanol–water partition coefficient (Wildman–Crippen LogP) is 7.29. The summed E-state index contributed by atoms with van der Waals surface area (Å²) in [7, 11) is 0. The second-order valence-corrected chi connectivity index (χ2v) is 14.7. The number of pyridine rings is 1. The van der Waals surface area contributed by atoms with Crippen molar-refractivity contribution in [2.45, 2.75) is 26.2 Å². The van der Waals surface area contributed by atoms with Gasteiger partial charge in [-0.15, -0.1) is 11.3 Å². The number of anilines is 4. The highest BCUT2D eigenvalue weighted by molar-refractivity contribution is 7.17. The molecule has 0 radical (unpaired) electrons. The lowest BCUT2D eigenvalue weighted by molar-refractivity contribution is -0.000511. The number of hydrogen-bond acceptors (Lipinski definition) is 8. The lowest BCUT2D eigenvalue weighted by atomic mass is 9.73. The van der Waals surface area contributed by atoms with Gasteiger partial charge in [-0.2, -0.15) is 0 Å². The van der Waals surface area contributed by atoms with Crippen molar-refractivity contribution >= 4 is 51.9 Å². The molecule has 10 nitrogen and oxygen atoms in total. The predicted molar refractivity (Wildman–Crippen MR) is 199 cm³/mol. The van der Waals surface area contributed by atoms with Crippen LogP contribution in [0.4, 0.5) is 27.3 Å². The summed E-state index contributed by atoms with van der Waals surface area (Å²) in [6.45, 7) is 5.53. The second-order valence-electron chi connectivity index (χ2n) is 13.7. The van der Waals surface area contributed by atoms with Gasteiger partial charge >= 0.3 is 0 Å². The van der Waals surface area contributed by atoms with Gasteiger partial charge in [0.25, 0.3) is 17.7 Å². The third kappa shape index (κ3) is 6.28. The highest BCUT2D eigenvalue weighted by atomic mass is 32.1. The molecule has 3 aromatic carbocycles. The Labute approximate surface area is 303 Å². The Bertz CT molecular complexity index is 2190. The van der Waals surface area contributed by atoms with Crippen LogP contribution in [0.5, 0.6) is 5.75 Å². The Morgan fingerprint density at radius 3 is 2.48 bits per heavy atom. The number of rotatable bonds is 6. The Kier molecular flexibility index (Phi) is 8.72. The third-order valence-corrected chi connectivity index (χ3v) is 11.3. The number of phenolic OH excluding ortho intramolecular Hbond substituents is 1. The van der Waals surface area contributed by atoms with E-state index in [4.69, 9.17) is 4.74 Å². The first-order valence-electron chi connectivity index (χ1n) is 17.2. The number of fused-ring (bicyclic) bond motifs is 3. The molecular formula is C40H36FN5O5S. The number of para-hydroxylation sites is 2. The molecule has 3 amide bonds. The molecular weight excluding hydrogens is 682 g/mol. The van der Waals surface area contributed by atoms with Crippen molar-refractivity contribution in [3.63, 3.8) is 0 Å². The lowest BCUT2D eigenvalue weighted by Crippen LogP contribution is -2.59. The van der Waals surface area contributed by atoms with Crippen LogP contribution in [-0.4, -0.2) is 60.7 Å². The molecule has 5 aromatic rings. The maximum absolute atomic E-state index is 14.3. The zero-order valence-corrected chi connectivity index (χ0v) is 29.3. The number of ether oxygens (including phenoxy) is 1. The molecule has 0 unspecified atom stereocenters. The number of aryl methyl sites for hydroxylation is 1. The van der Waals surface area contributed by atoms with Gasteiger partial charge in [0, 0.05) is 66.2 Å². The Morgan fingerprint density at radius 2 is 1.71 bits per heavy atom. The number of carbonyl (C=O) groups excluding carboxylic acids is 3. The van der Waals surface area contributed by atoms with Crippen LogP contribution in [0.1, 0.15) is 54.4 Å². The number of phenols is 1. The van der Waals surface area contributed by atoms with Gasteiger partial charge in [-0.1, -0.05) is 24.3 Å². The summed E-state index contributed by atoms with van der Waals surface area (Å²) in [5.41, 5.74) is 4.79. The first-order valence-corrected chi connectivity index (χ1v) is 18.0. The number of halogens is 1. The van der Waals surface area contributed by atoms with E-state index < -0.39 is 11.7 Å². The number of nitrogens with zero attached hydrogens (tertiary/aromatic N) is 3. The van der Waals surface area contributed by atoms with Crippen molar-refractivity contribution < 1.29 is 28.6 Å². The van der Waals surface area contributed by atoms with Gasteiger partial charge in [-0.25, -0.2) is 9.37 Å². The molecule has 0 saturated carbocycles. The van der Waals surface area contributed by atoms with Crippen LogP contribution >= 0.6 is 11.3 Å². The molecule has 264 valence electrons. The zero-order chi connectivity index (χ0) is 36.0. The SMILES string of the molecule is Cc1cnc(N2CC3(CCOCC3)C2)c(C(=O)Nc2ccc(C(=O)N3CCc4cc(C(=O)Nc5c(O)cccc5F)sc4-c4ccccc43)cc2)c1. The first-order chi connectivity index (χ1) is 25.2. The number of benzene rings is 3. The minimum Gasteiger partial charge on any atom is -0.506 e. The average molecular weight is 718 g/mol. The molecule has 3 aliphatic rings. The fourth-order valence-corrected chi connectivity index (χ4v) is 8.44. The maximum atomic E-state index is 14.3. The molecule has 2 saturated heterocycles. The van der Waals surface area contributed by atoms with E-state index in [-0.39, 0.29) is 28.7 Å². The molecule has 3 N–H and O–H groups in total. The Balaban J connectivity index is 0.976. The highest BCUT2D eigenvalue weighted by Crippen LogP contribution is 2.44. The number of amides is 3. The quantitative estimate of drug-likeness (QED) is 0.158. The number of aromatic nitrogens is 1. The fourth-order valence-electron chi connectivity index (χ4n) is 7.30.